The minimum Gasteiger partial charge on any atom is -0.260 e. The number of fused-ring (bicyclic) bond motifs is 1. The summed E-state index contributed by atoms with van der Waals surface area (Å²) in [5.74, 6) is 0. The number of hydrogen-bond donors (Lipinski definition) is 0. The topological polar surface area (TPSA) is 12.9 Å². The maximum absolute atomic E-state index is 4.25. The molecule has 2 heteroatoms. The van der Waals surface area contributed by atoms with E-state index in [0.29, 0.717) is 0 Å². The predicted octanol–water partition coefficient (Wildman–Crippen LogP) is 2.41. The average Bonchev–Trinajstić information content (AvgIpc) is 2.34. The Morgan fingerprint density at radius 2 is 2.40 bits per heavy atom. The van der Waals surface area contributed by atoms with Crippen LogP contribution in [0.4, 0.5) is 0 Å². The molecule has 0 aliphatic heterocycles. The highest BCUT2D eigenvalue weighted by Gasteiger charge is 2.10. The smallest absolute Gasteiger partial charge is 0.0524 e. The van der Waals surface area contributed by atoms with Gasteiger partial charge in [-0.2, -0.15) is 0 Å². The first-order valence-corrected chi connectivity index (χ1v) is 4.26. The van der Waals surface area contributed by atoms with Crippen LogP contribution in [0.15, 0.2) is 24.4 Å². The van der Waals surface area contributed by atoms with Gasteiger partial charge >= 0.3 is 0 Å². The summed E-state index contributed by atoms with van der Waals surface area (Å²) in [5.41, 5.74) is 2.52. The van der Waals surface area contributed by atoms with Crippen molar-refractivity contribution in [1.82, 2.24) is 4.98 Å². The third-order valence-corrected chi connectivity index (χ3v) is 2.64. The third kappa shape index (κ3) is 0.868. The first-order chi connectivity index (χ1) is 4.88. The second-order valence-electron chi connectivity index (χ2n) is 2.25. The van der Waals surface area contributed by atoms with Crippen molar-refractivity contribution in [3.63, 3.8) is 0 Å². The van der Waals surface area contributed by atoms with E-state index < -0.39 is 0 Å². The van der Waals surface area contributed by atoms with E-state index in [1.54, 1.807) is 0 Å². The molecule has 0 aromatic carbocycles. The largest absolute Gasteiger partial charge is 0.260 e. The Morgan fingerprint density at radius 3 is 3.20 bits per heavy atom. The molecule has 1 aliphatic carbocycles. The van der Waals surface area contributed by atoms with Crippen molar-refractivity contribution in [3.05, 3.63) is 35.7 Å². The number of halogens is 1. The van der Waals surface area contributed by atoms with Crippen molar-refractivity contribution in [1.29, 1.82) is 0 Å². The van der Waals surface area contributed by atoms with E-state index in [4.69, 9.17) is 0 Å². The van der Waals surface area contributed by atoms with Crippen LogP contribution in [-0.2, 0) is 6.42 Å². The van der Waals surface area contributed by atoms with E-state index in [2.05, 4.69) is 39.7 Å². The first kappa shape index (κ1) is 6.34. The number of allylic oxidation sites excluding steroid dienone is 1. The van der Waals surface area contributed by atoms with Crippen LogP contribution in [0.5, 0.6) is 0 Å². The molecular formula is C8H6IN. The monoisotopic (exact) mass is 243 g/mol. The van der Waals surface area contributed by atoms with Crippen molar-refractivity contribution in [2.75, 3.05) is 0 Å². The fourth-order valence-corrected chi connectivity index (χ4v) is 1.83. The molecule has 1 nitrogen and oxygen atoms in total. The Morgan fingerprint density at radius 1 is 1.50 bits per heavy atom. The zero-order chi connectivity index (χ0) is 6.97. The SMILES string of the molecule is IC1=CCc2ncccc21. The fraction of sp³-hybridized carbons (Fsp3) is 0.125. The summed E-state index contributed by atoms with van der Waals surface area (Å²) in [5, 5.41) is 0. The highest BCUT2D eigenvalue weighted by molar-refractivity contribution is 14.1. The Hall–Kier alpha value is -0.380. The molecule has 0 N–H and O–H groups in total. The van der Waals surface area contributed by atoms with Gasteiger partial charge in [0.1, 0.15) is 0 Å². The van der Waals surface area contributed by atoms with E-state index in [1.165, 1.54) is 14.8 Å². The Kier molecular flexibility index (Phi) is 1.48. The van der Waals surface area contributed by atoms with E-state index in [9.17, 15) is 0 Å². The van der Waals surface area contributed by atoms with Crippen LogP contribution >= 0.6 is 22.6 Å². The van der Waals surface area contributed by atoms with Crippen LogP contribution < -0.4 is 0 Å². The zero-order valence-corrected chi connectivity index (χ0v) is 7.50. The molecule has 1 heterocycles. The molecule has 0 radical (unpaired) electrons. The molecule has 0 atom stereocenters. The van der Waals surface area contributed by atoms with Gasteiger partial charge in [-0.1, -0.05) is 12.1 Å². The van der Waals surface area contributed by atoms with E-state index >= 15 is 0 Å². The maximum Gasteiger partial charge on any atom is 0.0524 e. The molecule has 0 spiro atoms. The lowest BCUT2D eigenvalue weighted by molar-refractivity contribution is 1.13. The first-order valence-electron chi connectivity index (χ1n) is 3.18. The molecule has 0 saturated carbocycles. The van der Waals surface area contributed by atoms with Crippen molar-refractivity contribution < 1.29 is 0 Å². The van der Waals surface area contributed by atoms with Crippen LogP contribution in [0.3, 0.4) is 0 Å². The molecule has 10 heavy (non-hydrogen) atoms. The van der Waals surface area contributed by atoms with Crippen LogP contribution in [-0.4, -0.2) is 4.98 Å². The average molecular weight is 243 g/mol. The van der Waals surface area contributed by atoms with Gasteiger partial charge in [-0.05, 0) is 28.7 Å². The number of pyridine rings is 1. The Balaban J connectivity index is 2.61. The third-order valence-electron chi connectivity index (χ3n) is 1.62. The highest BCUT2D eigenvalue weighted by atomic mass is 127. The lowest BCUT2D eigenvalue weighted by Crippen LogP contribution is -1.84. The van der Waals surface area contributed by atoms with Gasteiger partial charge in [-0.25, -0.2) is 0 Å². The lowest BCUT2D eigenvalue weighted by atomic mass is 10.2. The number of aromatic nitrogens is 1. The van der Waals surface area contributed by atoms with Crippen LogP contribution in [0, 0.1) is 0 Å². The minimum atomic E-state index is 1.01. The predicted molar refractivity (Wildman–Crippen MR) is 49.9 cm³/mol. The molecule has 1 aromatic heterocycles. The van der Waals surface area contributed by atoms with Crippen molar-refractivity contribution >= 4 is 26.2 Å². The summed E-state index contributed by atoms with van der Waals surface area (Å²) in [6, 6.07) is 4.10. The van der Waals surface area contributed by atoms with E-state index in [0.717, 1.165) is 6.42 Å². The fourth-order valence-electron chi connectivity index (χ4n) is 1.11. The summed E-state index contributed by atoms with van der Waals surface area (Å²) in [4.78, 5) is 4.25. The van der Waals surface area contributed by atoms with Crippen molar-refractivity contribution in [2.45, 2.75) is 6.42 Å². The summed E-state index contributed by atoms with van der Waals surface area (Å²) >= 11 is 2.34. The van der Waals surface area contributed by atoms with Gasteiger partial charge in [0.25, 0.3) is 0 Å². The lowest BCUT2D eigenvalue weighted by Gasteiger charge is -1.95. The molecule has 1 aromatic rings. The summed E-state index contributed by atoms with van der Waals surface area (Å²) < 4.78 is 1.33. The van der Waals surface area contributed by atoms with Gasteiger partial charge < -0.3 is 0 Å². The molecule has 50 valence electrons. The molecular weight excluding hydrogens is 237 g/mol. The molecule has 0 unspecified atom stereocenters. The van der Waals surface area contributed by atoms with Gasteiger partial charge in [0, 0.05) is 21.8 Å². The van der Waals surface area contributed by atoms with Gasteiger partial charge in [0.05, 0.1) is 5.69 Å². The van der Waals surface area contributed by atoms with E-state index in [-0.39, 0.29) is 0 Å². The normalized spacial score (nSPS) is 14.7. The standard InChI is InChI=1S/C8H6IN/c9-7-3-4-8-6(7)2-1-5-10-8/h1-3,5H,4H2. The van der Waals surface area contributed by atoms with Crippen LogP contribution in [0.25, 0.3) is 3.58 Å². The second kappa shape index (κ2) is 2.34. The minimum absolute atomic E-state index is 1.01. The Labute approximate surface area is 73.3 Å². The molecule has 0 bridgehead atoms. The van der Waals surface area contributed by atoms with Gasteiger partial charge in [0.15, 0.2) is 0 Å². The summed E-state index contributed by atoms with van der Waals surface area (Å²) in [7, 11) is 0. The molecule has 0 fully saturated rings. The van der Waals surface area contributed by atoms with Crippen LogP contribution in [0.2, 0.25) is 0 Å². The van der Waals surface area contributed by atoms with E-state index in [1.807, 2.05) is 12.3 Å². The highest BCUT2D eigenvalue weighted by Crippen LogP contribution is 2.29. The van der Waals surface area contributed by atoms with Gasteiger partial charge in [-0.3, -0.25) is 4.98 Å². The summed E-state index contributed by atoms with van der Waals surface area (Å²) in [6.45, 7) is 0. The zero-order valence-electron chi connectivity index (χ0n) is 5.34. The summed E-state index contributed by atoms with van der Waals surface area (Å²) in [6.07, 6.45) is 5.06. The number of nitrogens with zero attached hydrogens (tertiary/aromatic N) is 1. The molecule has 2 rings (SSSR count). The molecule has 0 amide bonds. The second-order valence-corrected chi connectivity index (χ2v) is 3.42. The van der Waals surface area contributed by atoms with Gasteiger partial charge in [0.2, 0.25) is 0 Å². The van der Waals surface area contributed by atoms with Crippen molar-refractivity contribution in [2.24, 2.45) is 0 Å². The van der Waals surface area contributed by atoms with Crippen LogP contribution in [0.1, 0.15) is 11.3 Å². The maximum atomic E-state index is 4.25. The molecule has 1 aliphatic rings. The van der Waals surface area contributed by atoms with Gasteiger partial charge in [-0.15, -0.1) is 0 Å². The van der Waals surface area contributed by atoms with Crippen molar-refractivity contribution in [3.8, 4) is 0 Å². The quantitative estimate of drug-likeness (QED) is 0.637. The molecule has 0 saturated heterocycles. The number of rotatable bonds is 0. The number of hydrogen-bond acceptors (Lipinski definition) is 1. The Bertz CT molecular complexity index is 291.